The van der Waals surface area contributed by atoms with Crippen LogP contribution in [-0.2, 0) is 9.47 Å². The summed E-state index contributed by atoms with van der Waals surface area (Å²) in [5.41, 5.74) is 2.82. The molecular formula is C15H19IO3S. The molecule has 3 nitrogen and oxygen atoms in total. The molecule has 2 rings (SSSR count). The molecule has 0 radical (unpaired) electrons. The predicted octanol–water partition coefficient (Wildman–Crippen LogP) is 4.16. The van der Waals surface area contributed by atoms with E-state index in [4.69, 9.17) is 9.47 Å². The maximum atomic E-state index is 12.0. The van der Waals surface area contributed by atoms with Crippen LogP contribution >= 0.6 is 34.4 Å². The van der Waals surface area contributed by atoms with E-state index >= 15 is 0 Å². The topological polar surface area (TPSA) is 38.8 Å². The molecule has 1 aliphatic rings. The van der Waals surface area contributed by atoms with Crippen molar-refractivity contribution in [1.29, 1.82) is 0 Å². The van der Waals surface area contributed by atoms with Crippen molar-refractivity contribution in [1.82, 2.24) is 0 Å². The number of thioether (sulfide) groups is 1. The van der Waals surface area contributed by atoms with E-state index in [0.29, 0.717) is 18.3 Å². The fraction of sp³-hybridized carbons (Fsp3) is 0.533. The van der Waals surface area contributed by atoms with Crippen LogP contribution < -0.4 is 0 Å². The number of benzene rings is 1. The molecule has 0 spiro atoms. The minimum absolute atomic E-state index is 0.140. The first kappa shape index (κ1) is 16.1. The Labute approximate surface area is 137 Å². The quantitative estimate of drug-likeness (QED) is 0.234. The molecule has 0 amide bonds. The van der Waals surface area contributed by atoms with E-state index in [1.165, 1.54) is 4.90 Å². The second kappa shape index (κ2) is 7.13. The highest BCUT2D eigenvalue weighted by molar-refractivity contribution is 14.1. The Morgan fingerprint density at radius 1 is 1.50 bits per heavy atom. The summed E-state index contributed by atoms with van der Waals surface area (Å²) in [4.78, 5) is 13.2. The van der Waals surface area contributed by atoms with Crippen LogP contribution in [0.3, 0.4) is 0 Å². The van der Waals surface area contributed by atoms with Crippen LogP contribution in [0.25, 0.3) is 0 Å². The highest BCUT2D eigenvalue weighted by atomic mass is 127. The first-order valence-electron chi connectivity index (χ1n) is 6.70. The Morgan fingerprint density at radius 2 is 2.25 bits per heavy atom. The van der Waals surface area contributed by atoms with Gasteiger partial charge in [-0.1, -0.05) is 22.6 Å². The van der Waals surface area contributed by atoms with Gasteiger partial charge < -0.3 is 9.47 Å². The Morgan fingerprint density at radius 3 is 2.85 bits per heavy atom. The number of rotatable bonds is 6. The van der Waals surface area contributed by atoms with Crippen LogP contribution in [0.5, 0.6) is 0 Å². The number of ether oxygens (including phenoxy) is 2. The van der Waals surface area contributed by atoms with Gasteiger partial charge in [-0.25, -0.2) is 4.79 Å². The van der Waals surface area contributed by atoms with Gasteiger partial charge in [-0.2, -0.15) is 0 Å². The molecule has 1 aromatic rings. The van der Waals surface area contributed by atoms with Gasteiger partial charge in [0.05, 0.1) is 18.3 Å². The summed E-state index contributed by atoms with van der Waals surface area (Å²) in [6, 6.07) is 3.86. The number of hydrogen-bond acceptors (Lipinski definition) is 4. The van der Waals surface area contributed by atoms with Crippen LogP contribution in [-0.4, -0.2) is 29.4 Å². The van der Waals surface area contributed by atoms with Gasteiger partial charge in [0.2, 0.25) is 0 Å². The zero-order valence-electron chi connectivity index (χ0n) is 11.9. The van der Waals surface area contributed by atoms with Gasteiger partial charge in [0, 0.05) is 14.9 Å². The molecule has 1 fully saturated rings. The van der Waals surface area contributed by atoms with E-state index in [9.17, 15) is 4.79 Å². The Balaban J connectivity index is 2.33. The second-order valence-corrected chi connectivity index (χ2v) is 6.57. The summed E-state index contributed by atoms with van der Waals surface area (Å²) in [5, 5.41) is 0. The smallest absolute Gasteiger partial charge is 0.338 e. The van der Waals surface area contributed by atoms with E-state index < -0.39 is 0 Å². The minimum Gasteiger partial charge on any atom is -0.462 e. The number of hydrogen-bond donors (Lipinski definition) is 0. The standard InChI is InChI=1S/C15H19IO3S/c1-4-18-15(17)10-5-6-12(20-3)13(9(10)2)14-11(19-14)7-8-16/h5-6,11,14H,4,7-8H2,1-3H3. The molecule has 2 unspecified atom stereocenters. The third-order valence-electron chi connectivity index (χ3n) is 3.45. The van der Waals surface area contributed by atoms with Crippen molar-refractivity contribution < 1.29 is 14.3 Å². The zero-order valence-corrected chi connectivity index (χ0v) is 14.9. The molecule has 0 aliphatic carbocycles. The maximum absolute atomic E-state index is 12.0. The van der Waals surface area contributed by atoms with Gasteiger partial charge in [0.15, 0.2) is 0 Å². The van der Waals surface area contributed by atoms with Crippen molar-refractivity contribution >= 4 is 40.3 Å². The molecule has 0 N–H and O–H groups in total. The summed E-state index contributed by atoms with van der Waals surface area (Å²) in [5.74, 6) is -0.245. The van der Waals surface area contributed by atoms with E-state index in [0.717, 1.165) is 22.0 Å². The van der Waals surface area contributed by atoms with Gasteiger partial charge >= 0.3 is 5.97 Å². The molecule has 1 aromatic carbocycles. The Hall–Kier alpha value is -0.270. The fourth-order valence-corrected chi connectivity index (χ4v) is 3.70. The number of esters is 1. The fourth-order valence-electron chi connectivity index (χ4n) is 2.39. The molecule has 1 saturated heterocycles. The normalized spacial score (nSPS) is 20.8. The molecule has 2 atom stereocenters. The predicted molar refractivity (Wildman–Crippen MR) is 90.0 cm³/mol. The lowest BCUT2D eigenvalue weighted by Gasteiger charge is -2.13. The summed E-state index contributed by atoms with van der Waals surface area (Å²) in [6.07, 6.45) is 3.55. The van der Waals surface area contributed by atoms with Crippen LogP contribution in [0.15, 0.2) is 17.0 Å². The maximum Gasteiger partial charge on any atom is 0.338 e. The first-order valence-corrected chi connectivity index (χ1v) is 9.45. The van der Waals surface area contributed by atoms with Gasteiger partial charge in [0.25, 0.3) is 0 Å². The minimum atomic E-state index is -0.245. The van der Waals surface area contributed by atoms with Crippen LogP contribution in [0.2, 0.25) is 0 Å². The lowest BCUT2D eigenvalue weighted by atomic mass is 9.98. The molecule has 1 aliphatic heterocycles. The van der Waals surface area contributed by atoms with Crippen molar-refractivity contribution in [3.63, 3.8) is 0 Å². The lowest BCUT2D eigenvalue weighted by Crippen LogP contribution is -2.09. The summed E-state index contributed by atoms with van der Waals surface area (Å²) >= 11 is 4.07. The number of carbonyl (C=O) groups is 1. The molecule has 1 heterocycles. The third-order valence-corrected chi connectivity index (χ3v) is 4.87. The number of epoxide rings is 1. The average Bonchev–Trinajstić information content (AvgIpc) is 3.17. The van der Waals surface area contributed by atoms with Gasteiger partial charge in [-0.15, -0.1) is 11.8 Å². The van der Waals surface area contributed by atoms with Crippen LogP contribution in [0.4, 0.5) is 0 Å². The average molecular weight is 406 g/mol. The number of halogens is 1. The van der Waals surface area contributed by atoms with Crippen molar-refractivity contribution in [2.75, 3.05) is 17.3 Å². The summed E-state index contributed by atoms with van der Waals surface area (Å²) in [6.45, 7) is 4.21. The molecule has 20 heavy (non-hydrogen) atoms. The third kappa shape index (κ3) is 3.31. The van der Waals surface area contributed by atoms with Crippen molar-refractivity contribution in [2.24, 2.45) is 0 Å². The van der Waals surface area contributed by atoms with Gasteiger partial charge in [-0.05, 0) is 44.2 Å². The zero-order chi connectivity index (χ0) is 14.7. The number of carbonyl (C=O) groups excluding carboxylic acids is 1. The molecule has 5 heteroatoms. The van der Waals surface area contributed by atoms with E-state index in [-0.39, 0.29) is 12.1 Å². The van der Waals surface area contributed by atoms with Crippen molar-refractivity contribution in [3.05, 3.63) is 28.8 Å². The monoisotopic (exact) mass is 406 g/mol. The van der Waals surface area contributed by atoms with Crippen molar-refractivity contribution in [2.45, 2.75) is 37.4 Å². The molecule has 0 aromatic heterocycles. The SMILES string of the molecule is CCOC(=O)c1ccc(SC)c(C2OC2CCI)c1C. The second-order valence-electron chi connectivity index (χ2n) is 4.65. The molecule has 0 bridgehead atoms. The van der Waals surface area contributed by atoms with Crippen molar-refractivity contribution in [3.8, 4) is 0 Å². The van der Waals surface area contributed by atoms with Crippen LogP contribution in [0, 0.1) is 6.92 Å². The first-order chi connectivity index (χ1) is 9.63. The van der Waals surface area contributed by atoms with E-state index in [2.05, 4.69) is 28.8 Å². The van der Waals surface area contributed by atoms with Crippen LogP contribution in [0.1, 0.15) is 40.9 Å². The van der Waals surface area contributed by atoms with Gasteiger partial charge in [-0.3, -0.25) is 0 Å². The Bertz CT molecular complexity index is 504. The summed E-state index contributed by atoms with van der Waals surface area (Å²) < 4.78 is 12.0. The number of alkyl halides is 1. The molecular weight excluding hydrogens is 387 g/mol. The highest BCUT2D eigenvalue weighted by Gasteiger charge is 2.42. The highest BCUT2D eigenvalue weighted by Crippen LogP contribution is 2.46. The van der Waals surface area contributed by atoms with Gasteiger partial charge in [0.1, 0.15) is 6.10 Å². The largest absolute Gasteiger partial charge is 0.462 e. The molecule has 0 saturated carbocycles. The van der Waals surface area contributed by atoms with E-state index in [1.54, 1.807) is 11.8 Å². The Kier molecular flexibility index (Phi) is 5.74. The lowest BCUT2D eigenvalue weighted by molar-refractivity contribution is 0.0525. The summed E-state index contributed by atoms with van der Waals surface area (Å²) in [7, 11) is 0. The molecule has 110 valence electrons. The van der Waals surface area contributed by atoms with E-state index in [1.807, 2.05) is 26.0 Å².